The van der Waals surface area contributed by atoms with Crippen molar-refractivity contribution in [3.05, 3.63) is 29.8 Å². The molecule has 0 atom stereocenters. The number of hydrogen-bond acceptors (Lipinski definition) is 2. The summed E-state index contributed by atoms with van der Waals surface area (Å²) in [5, 5.41) is 0. The fraction of sp³-hybridized carbons (Fsp3) is 0.125. The van der Waals surface area contributed by atoms with E-state index < -0.39 is 20.4 Å². The highest BCUT2D eigenvalue weighted by molar-refractivity contribution is 8.06. The van der Waals surface area contributed by atoms with Crippen LogP contribution in [-0.2, 0) is 4.79 Å². The van der Waals surface area contributed by atoms with Gasteiger partial charge >= 0.3 is 0 Å². The molecule has 88 valence electrons. The average molecular weight is 307 g/mol. The van der Waals surface area contributed by atoms with Crippen LogP contribution in [0.3, 0.4) is 0 Å². The number of hydrogen-bond donors (Lipinski definition) is 0. The Morgan fingerprint density at radius 2 is 1.75 bits per heavy atom. The number of para-hydroxylation sites is 1. The Labute approximate surface area is 110 Å². The van der Waals surface area contributed by atoms with Gasteiger partial charge in [0.25, 0.3) is 3.12 Å². The lowest BCUT2D eigenvalue weighted by Gasteiger charge is -2.20. The van der Waals surface area contributed by atoms with Crippen molar-refractivity contribution >= 4 is 58.8 Å². The van der Waals surface area contributed by atoms with Gasteiger partial charge in [0.1, 0.15) is 5.69 Å². The molecule has 1 amide bonds. The molecule has 16 heavy (non-hydrogen) atoms. The van der Waals surface area contributed by atoms with Gasteiger partial charge in [-0.2, -0.15) is 0 Å². The Bertz CT molecular complexity index is 379. The van der Waals surface area contributed by atoms with Gasteiger partial charge in [0, 0.05) is 11.9 Å². The topological polar surface area (TPSA) is 20.3 Å². The molecule has 0 aromatic heterocycles. The number of carbonyl (C=O) groups is 1. The highest BCUT2D eigenvalue weighted by Crippen LogP contribution is 2.43. The molecule has 1 aromatic carbocycles. The van der Waals surface area contributed by atoms with Crippen molar-refractivity contribution in [2.24, 2.45) is 0 Å². The molecule has 0 fully saturated rings. The number of nitrogens with zero attached hydrogens (tertiary/aromatic N) is 1. The summed E-state index contributed by atoms with van der Waals surface area (Å²) in [4.78, 5) is 10.7. The van der Waals surface area contributed by atoms with E-state index in [0.29, 0.717) is 16.3 Å². The molecule has 0 aliphatic heterocycles. The minimum Gasteiger partial charge on any atom is -0.277 e. The Hall–Kier alpha value is -0.230. The van der Waals surface area contributed by atoms with Crippen LogP contribution in [0.1, 0.15) is 0 Å². The van der Waals surface area contributed by atoms with Gasteiger partial charge in [0.15, 0.2) is 11.6 Å². The number of benzene rings is 1. The number of halogens is 5. The first-order chi connectivity index (χ1) is 7.35. The minimum atomic E-state index is -1.89. The van der Waals surface area contributed by atoms with Crippen molar-refractivity contribution in [2.75, 3.05) is 4.31 Å². The fourth-order valence-corrected chi connectivity index (χ4v) is 2.13. The van der Waals surface area contributed by atoms with Gasteiger partial charge in [-0.15, -0.1) is 0 Å². The van der Waals surface area contributed by atoms with Crippen LogP contribution in [0.15, 0.2) is 18.2 Å². The summed E-state index contributed by atoms with van der Waals surface area (Å²) >= 11 is 16.6. The van der Waals surface area contributed by atoms with E-state index in [4.69, 9.17) is 34.8 Å². The SMILES string of the molecule is O=CN(SC(Cl)(Cl)Cl)c1c(F)cccc1F. The quantitative estimate of drug-likeness (QED) is 0.479. The van der Waals surface area contributed by atoms with Crippen molar-refractivity contribution < 1.29 is 13.6 Å². The lowest BCUT2D eigenvalue weighted by atomic mass is 10.3. The Kier molecular flexibility index (Phi) is 4.67. The van der Waals surface area contributed by atoms with Crippen molar-refractivity contribution in [1.82, 2.24) is 0 Å². The third kappa shape index (κ3) is 3.66. The van der Waals surface area contributed by atoms with Gasteiger partial charge in [0.2, 0.25) is 6.41 Å². The number of alkyl halides is 3. The van der Waals surface area contributed by atoms with E-state index in [1.807, 2.05) is 0 Å². The van der Waals surface area contributed by atoms with Crippen molar-refractivity contribution in [3.63, 3.8) is 0 Å². The van der Waals surface area contributed by atoms with Gasteiger partial charge in [0.05, 0.1) is 0 Å². The van der Waals surface area contributed by atoms with Crippen LogP contribution in [0.2, 0.25) is 0 Å². The van der Waals surface area contributed by atoms with E-state index in [1.165, 1.54) is 0 Å². The van der Waals surface area contributed by atoms with Gasteiger partial charge in [-0.25, -0.2) is 13.1 Å². The largest absolute Gasteiger partial charge is 0.277 e. The van der Waals surface area contributed by atoms with E-state index >= 15 is 0 Å². The molecule has 0 saturated carbocycles. The summed E-state index contributed by atoms with van der Waals surface area (Å²) in [5.74, 6) is -1.84. The first-order valence-corrected chi connectivity index (χ1v) is 5.70. The summed E-state index contributed by atoms with van der Waals surface area (Å²) in [6.07, 6.45) is 0.161. The molecule has 0 N–H and O–H groups in total. The van der Waals surface area contributed by atoms with E-state index in [0.717, 1.165) is 18.2 Å². The predicted octanol–water partition coefficient (Wildman–Crippen LogP) is 3.90. The van der Waals surface area contributed by atoms with Crippen LogP contribution in [0.25, 0.3) is 0 Å². The number of rotatable bonds is 3. The smallest absolute Gasteiger partial charge is 0.256 e. The molecule has 0 aliphatic rings. The third-order valence-corrected chi connectivity index (χ3v) is 2.75. The zero-order valence-corrected chi connectivity index (χ0v) is 10.5. The van der Waals surface area contributed by atoms with E-state index in [2.05, 4.69) is 0 Å². The number of anilines is 1. The predicted molar refractivity (Wildman–Crippen MR) is 62.8 cm³/mol. The third-order valence-electron chi connectivity index (χ3n) is 1.46. The maximum atomic E-state index is 13.3. The average Bonchev–Trinajstić information content (AvgIpc) is 2.14. The first kappa shape index (κ1) is 13.8. The molecule has 0 spiro atoms. The van der Waals surface area contributed by atoms with Gasteiger partial charge in [-0.3, -0.25) is 4.79 Å². The zero-order chi connectivity index (χ0) is 12.3. The van der Waals surface area contributed by atoms with Crippen LogP contribution < -0.4 is 4.31 Å². The lowest BCUT2D eigenvalue weighted by molar-refractivity contribution is -0.106. The van der Waals surface area contributed by atoms with Crippen LogP contribution in [-0.4, -0.2) is 9.53 Å². The molecule has 1 aromatic rings. The molecule has 0 unspecified atom stereocenters. The van der Waals surface area contributed by atoms with Crippen LogP contribution in [0.4, 0.5) is 14.5 Å². The van der Waals surface area contributed by atoms with Crippen molar-refractivity contribution in [3.8, 4) is 0 Å². The monoisotopic (exact) mass is 305 g/mol. The molecular weight excluding hydrogens is 303 g/mol. The summed E-state index contributed by atoms with van der Waals surface area (Å²) in [7, 11) is 0. The maximum absolute atomic E-state index is 13.3. The second-order valence-corrected chi connectivity index (χ2v) is 6.68. The molecule has 0 heterocycles. The number of amides is 1. The van der Waals surface area contributed by atoms with Gasteiger partial charge < -0.3 is 0 Å². The molecule has 0 bridgehead atoms. The second kappa shape index (κ2) is 5.40. The highest BCUT2D eigenvalue weighted by Gasteiger charge is 2.28. The van der Waals surface area contributed by atoms with Gasteiger partial charge in [-0.1, -0.05) is 40.9 Å². The standard InChI is InChI=1S/C8H4Cl3F2NOS/c9-8(10,11)16-14(4-15)7-5(12)2-1-3-6(7)13/h1-4H. The normalized spacial score (nSPS) is 11.3. The Morgan fingerprint density at radius 1 is 1.25 bits per heavy atom. The molecule has 0 saturated heterocycles. The second-order valence-electron chi connectivity index (χ2n) is 2.54. The molecule has 1 rings (SSSR count). The highest BCUT2D eigenvalue weighted by atomic mass is 35.6. The maximum Gasteiger partial charge on any atom is 0.256 e. The van der Waals surface area contributed by atoms with Crippen LogP contribution in [0, 0.1) is 11.6 Å². The van der Waals surface area contributed by atoms with Gasteiger partial charge in [-0.05, 0) is 12.1 Å². The van der Waals surface area contributed by atoms with Crippen molar-refractivity contribution in [1.29, 1.82) is 0 Å². The Morgan fingerprint density at radius 3 is 2.12 bits per heavy atom. The number of carbonyl (C=O) groups excluding carboxylic acids is 1. The molecule has 0 aliphatic carbocycles. The van der Waals surface area contributed by atoms with Crippen LogP contribution >= 0.6 is 46.8 Å². The zero-order valence-electron chi connectivity index (χ0n) is 7.46. The van der Waals surface area contributed by atoms with E-state index in [9.17, 15) is 13.6 Å². The van der Waals surface area contributed by atoms with Crippen LogP contribution in [0.5, 0.6) is 0 Å². The van der Waals surface area contributed by atoms with E-state index in [1.54, 1.807) is 0 Å². The first-order valence-electron chi connectivity index (χ1n) is 3.79. The lowest BCUT2D eigenvalue weighted by Crippen LogP contribution is -2.19. The summed E-state index contributed by atoms with van der Waals surface area (Å²) in [6.45, 7) is 0. The molecule has 8 heteroatoms. The molecule has 0 radical (unpaired) electrons. The summed E-state index contributed by atoms with van der Waals surface area (Å²) in [5.41, 5.74) is -0.575. The van der Waals surface area contributed by atoms with Crippen molar-refractivity contribution in [2.45, 2.75) is 3.12 Å². The molecular formula is C8H4Cl3F2NOS. The molecule has 2 nitrogen and oxygen atoms in total. The Balaban J connectivity index is 3.09. The summed E-state index contributed by atoms with van der Waals surface area (Å²) < 4.78 is 25.2. The van der Waals surface area contributed by atoms with E-state index in [-0.39, 0.29) is 6.41 Å². The fourth-order valence-electron chi connectivity index (χ4n) is 0.931. The summed E-state index contributed by atoms with van der Waals surface area (Å²) in [6, 6.07) is 3.15. The minimum absolute atomic E-state index is 0.161.